The van der Waals surface area contributed by atoms with Crippen LogP contribution in [0.2, 0.25) is 0 Å². The molecule has 0 saturated carbocycles. The van der Waals surface area contributed by atoms with E-state index in [9.17, 15) is 13.2 Å². The predicted octanol–water partition coefficient (Wildman–Crippen LogP) is 2.72. The minimum absolute atomic E-state index is 0.120. The van der Waals surface area contributed by atoms with Crippen LogP contribution in [-0.4, -0.2) is 37.5 Å². The summed E-state index contributed by atoms with van der Waals surface area (Å²) in [6.45, 7) is 0.949. The molecule has 26 heavy (non-hydrogen) atoms. The maximum atomic E-state index is 12.4. The molecule has 0 aliphatic rings. The van der Waals surface area contributed by atoms with Crippen molar-refractivity contribution in [2.75, 3.05) is 20.2 Å². The zero-order valence-corrected chi connectivity index (χ0v) is 14.1. The highest BCUT2D eigenvalue weighted by Crippen LogP contribution is 2.25. The predicted molar refractivity (Wildman–Crippen MR) is 91.1 cm³/mol. The zero-order chi connectivity index (χ0) is 18.8. The molecule has 0 spiro atoms. The lowest BCUT2D eigenvalue weighted by atomic mass is 10.2. The number of pyridine rings is 1. The van der Waals surface area contributed by atoms with E-state index in [4.69, 9.17) is 4.74 Å². The van der Waals surface area contributed by atoms with Gasteiger partial charge in [-0.25, -0.2) is 0 Å². The highest BCUT2D eigenvalue weighted by atomic mass is 19.4. The van der Waals surface area contributed by atoms with Gasteiger partial charge in [0.05, 0.1) is 12.7 Å². The van der Waals surface area contributed by atoms with E-state index in [0.29, 0.717) is 30.4 Å². The van der Waals surface area contributed by atoms with Crippen LogP contribution in [0.15, 0.2) is 53.8 Å². The molecular formula is C17H19F3N4O2. The molecule has 0 saturated heterocycles. The lowest BCUT2D eigenvalue weighted by Crippen LogP contribution is -2.39. The van der Waals surface area contributed by atoms with E-state index in [1.165, 1.54) is 12.1 Å². The van der Waals surface area contributed by atoms with E-state index in [2.05, 4.69) is 25.3 Å². The Morgan fingerprint density at radius 1 is 1.15 bits per heavy atom. The number of alkyl halides is 3. The average molecular weight is 368 g/mol. The molecular weight excluding hydrogens is 349 g/mol. The van der Waals surface area contributed by atoms with Gasteiger partial charge in [0.25, 0.3) is 0 Å². The lowest BCUT2D eigenvalue weighted by Gasteiger charge is -2.15. The summed E-state index contributed by atoms with van der Waals surface area (Å²) in [6, 6.07) is 9.49. The standard InChI is InChI=1S/C17H19F3N4O2/c1-21-16(23-9-10-25-14-6-4-8-22-12-14)24-11-13-5-2-3-7-15(13)26-17(18,19)20/h2-8,12H,9-11H2,1H3,(H2,21,23,24). The van der Waals surface area contributed by atoms with Crippen molar-refractivity contribution in [1.82, 2.24) is 15.6 Å². The molecule has 0 fully saturated rings. The van der Waals surface area contributed by atoms with E-state index in [1.807, 2.05) is 0 Å². The van der Waals surface area contributed by atoms with Crippen molar-refractivity contribution in [2.45, 2.75) is 12.9 Å². The Bertz CT molecular complexity index is 709. The molecule has 0 unspecified atom stereocenters. The van der Waals surface area contributed by atoms with Gasteiger partial charge >= 0.3 is 6.36 Å². The number of guanidine groups is 1. The second-order valence-electron chi connectivity index (χ2n) is 5.05. The van der Waals surface area contributed by atoms with Gasteiger partial charge in [-0.3, -0.25) is 9.98 Å². The molecule has 0 aliphatic carbocycles. The smallest absolute Gasteiger partial charge is 0.490 e. The Balaban J connectivity index is 1.80. The molecule has 0 atom stereocenters. The summed E-state index contributed by atoms with van der Waals surface area (Å²) in [5, 5.41) is 5.94. The number of nitrogens with zero attached hydrogens (tertiary/aromatic N) is 2. The fourth-order valence-electron chi connectivity index (χ4n) is 2.04. The van der Waals surface area contributed by atoms with Gasteiger partial charge in [-0.2, -0.15) is 0 Å². The fraction of sp³-hybridized carbons (Fsp3) is 0.294. The van der Waals surface area contributed by atoms with Crippen molar-refractivity contribution in [3.8, 4) is 11.5 Å². The third-order valence-electron chi connectivity index (χ3n) is 3.17. The largest absolute Gasteiger partial charge is 0.573 e. The van der Waals surface area contributed by atoms with Gasteiger partial charge < -0.3 is 20.1 Å². The topological polar surface area (TPSA) is 67.8 Å². The first kappa shape index (κ1) is 19.4. The van der Waals surface area contributed by atoms with Crippen LogP contribution < -0.4 is 20.1 Å². The van der Waals surface area contributed by atoms with Crippen LogP contribution >= 0.6 is 0 Å². The normalized spacial score (nSPS) is 11.8. The van der Waals surface area contributed by atoms with Crippen molar-refractivity contribution < 1.29 is 22.6 Å². The second-order valence-corrected chi connectivity index (χ2v) is 5.05. The number of halogens is 3. The van der Waals surface area contributed by atoms with E-state index >= 15 is 0 Å². The van der Waals surface area contributed by atoms with Crippen LogP contribution in [-0.2, 0) is 6.54 Å². The fourth-order valence-corrected chi connectivity index (χ4v) is 2.04. The number of rotatable bonds is 7. The van der Waals surface area contributed by atoms with Crippen molar-refractivity contribution in [3.05, 3.63) is 54.4 Å². The number of benzene rings is 1. The van der Waals surface area contributed by atoms with Crippen molar-refractivity contribution >= 4 is 5.96 Å². The Kier molecular flexibility index (Phi) is 7.07. The maximum absolute atomic E-state index is 12.4. The van der Waals surface area contributed by atoms with Crippen LogP contribution in [0.4, 0.5) is 13.2 Å². The summed E-state index contributed by atoms with van der Waals surface area (Å²) < 4.78 is 46.8. The Hall–Kier alpha value is -2.97. The number of para-hydroxylation sites is 1. The molecule has 2 aromatic rings. The number of hydrogen-bond donors (Lipinski definition) is 2. The molecule has 0 bridgehead atoms. The number of aliphatic imine (C=N–C) groups is 1. The van der Waals surface area contributed by atoms with Gasteiger partial charge in [0, 0.05) is 25.4 Å². The van der Waals surface area contributed by atoms with E-state index in [1.54, 1.807) is 43.7 Å². The maximum Gasteiger partial charge on any atom is 0.573 e. The first-order chi connectivity index (χ1) is 12.5. The molecule has 0 amide bonds. The summed E-state index contributed by atoms with van der Waals surface area (Å²) >= 11 is 0. The molecule has 0 radical (unpaired) electrons. The van der Waals surface area contributed by atoms with Crippen LogP contribution in [0.1, 0.15) is 5.56 Å². The van der Waals surface area contributed by atoms with Crippen LogP contribution in [0, 0.1) is 0 Å². The Morgan fingerprint density at radius 3 is 2.65 bits per heavy atom. The summed E-state index contributed by atoms with van der Waals surface area (Å²) in [6.07, 6.45) is -1.48. The van der Waals surface area contributed by atoms with Crippen molar-refractivity contribution in [1.29, 1.82) is 0 Å². The summed E-state index contributed by atoms with van der Waals surface area (Å²) in [5.74, 6) is 0.833. The summed E-state index contributed by atoms with van der Waals surface area (Å²) in [5.41, 5.74) is 0.361. The van der Waals surface area contributed by atoms with Gasteiger partial charge in [-0.1, -0.05) is 18.2 Å². The van der Waals surface area contributed by atoms with Crippen molar-refractivity contribution in [2.24, 2.45) is 4.99 Å². The van der Waals surface area contributed by atoms with E-state index in [0.717, 1.165) is 0 Å². The third-order valence-corrected chi connectivity index (χ3v) is 3.17. The first-order valence-corrected chi connectivity index (χ1v) is 7.79. The van der Waals surface area contributed by atoms with Gasteiger partial charge in [-0.15, -0.1) is 13.2 Å². The van der Waals surface area contributed by atoms with Gasteiger partial charge in [0.15, 0.2) is 5.96 Å². The molecule has 1 heterocycles. The molecule has 140 valence electrons. The first-order valence-electron chi connectivity index (χ1n) is 7.79. The second kappa shape index (κ2) is 9.50. The van der Waals surface area contributed by atoms with Crippen LogP contribution in [0.5, 0.6) is 11.5 Å². The highest BCUT2D eigenvalue weighted by molar-refractivity contribution is 5.79. The van der Waals surface area contributed by atoms with E-state index in [-0.39, 0.29) is 12.3 Å². The summed E-state index contributed by atoms with van der Waals surface area (Å²) in [4.78, 5) is 7.95. The average Bonchev–Trinajstić information content (AvgIpc) is 2.62. The third kappa shape index (κ3) is 6.88. The monoisotopic (exact) mass is 368 g/mol. The van der Waals surface area contributed by atoms with Gasteiger partial charge in [0.2, 0.25) is 0 Å². The Morgan fingerprint density at radius 2 is 1.96 bits per heavy atom. The molecule has 9 heteroatoms. The number of nitrogens with one attached hydrogen (secondary N) is 2. The summed E-state index contributed by atoms with van der Waals surface area (Å²) in [7, 11) is 1.56. The highest BCUT2D eigenvalue weighted by Gasteiger charge is 2.31. The Labute approximate surface area is 149 Å². The minimum atomic E-state index is -4.74. The molecule has 6 nitrogen and oxygen atoms in total. The quantitative estimate of drug-likeness (QED) is 0.447. The SMILES string of the molecule is CN=C(NCCOc1cccnc1)NCc1ccccc1OC(F)(F)F. The number of ether oxygens (including phenoxy) is 2. The molecule has 1 aromatic heterocycles. The van der Waals surface area contributed by atoms with E-state index < -0.39 is 6.36 Å². The molecule has 0 aliphatic heterocycles. The zero-order valence-electron chi connectivity index (χ0n) is 14.1. The number of aromatic nitrogens is 1. The molecule has 2 rings (SSSR count). The van der Waals surface area contributed by atoms with Crippen molar-refractivity contribution in [3.63, 3.8) is 0 Å². The van der Waals surface area contributed by atoms with Crippen LogP contribution in [0.25, 0.3) is 0 Å². The van der Waals surface area contributed by atoms with Crippen LogP contribution in [0.3, 0.4) is 0 Å². The van der Waals surface area contributed by atoms with Gasteiger partial charge in [0.1, 0.15) is 18.1 Å². The lowest BCUT2D eigenvalue weighted by molar-refractivity contribution is -0.274. The van der Waals surface area contributed by atoms with Gasteiger partial charge in [-0.05, 0) is 18.2 Å². The minimum Gasteiger partial charge on any atom is -0.490 e. The number of hydrogen-bond acceptors (Lipinski definition) is 4. The molecule has 1 aromatic carbocycles. The molecule has 2 N–H and O–H groups in total.